The topological polar surface area (TPSA) is 8.32 Å². The van der Waals surface area contributed by atoms with Gasteiger partial charge in [0.15, 0.2) is 12.2 Å². The summed E-state index contributed by atoms with van der Waals surface area (Å²) in [6.45, 7) is 5.78. The monoisotopic (exact) mass is 214 g/mol. The van der Waals surface area contributed by atoms with E-state index in [1.807, 2.05) is 0 Å². The van der Waals surface area contributed by atoms with Crippen LogP contribution in [0.2, 0.25) is 0 Å². The van der Waals surface area contributed by atoms with Crippen molar-refractivity contribution < 1.29 is 9.47 Å². The number of allylic oxidation sites excluding steroid dienone is 2. The molecule has 2 nitrogen and oxygen atoms in total. The largest absolute Gasteiger partial charge is 0.286 e. The van der Waals surface area contributed by atoms with Crippen molar-refractivity contribution in [3.05, 3.63) is 48.3 Å². The van der Waals surface area contributed by atoms with Crippen LogP contribution in [0.25, 0.3) is 5.70 Å². The number of quaternary nitrogens is 1. The second kappa shape index (κ2) is 3.56. The van der Waals surface area contributed by atoms with E-state index in [2.05, 4.69) is 61.0 Å². The molecule has 2 heteroatoms. The smallest absolute Gasteiger partial charge is 0.266 e. The second-order valence-corrected chi connectivity index (χ2v) is 4.76. The van der Waals surface area contributed by atoms with Crippen molar-refractivity contribution in [2.75, 3.05) is 6.54 Å². The first-order chi connectivity index (χ1) is 7.79. The van der Waals surface area contributed by atoms with E-state index in [0.717, 1.165) is 6.54 Å². The normalized spacial score (nSPS) is 31.6. The predicted octanol–water partition coefficient (Wildman–Crippen LogP) is 0.733. The highest BCUT2D eigenvalue weighted by molar-refractivity contribution is 5.55. The first kappa shape index (κ1) is 9.79. The highest BCUT2D eigenvalue weighted by Gasteiger charge is 2.42. The van der Waals surface area contributed by atoms with Crippen molar-refractivity contribution in [2.24, 2.45) is 0 Å². The van der Waals surface area contributed by atoms with Gasteiger partial charge < -0.3 is 0 Å². The van der Waals surface area contributed by atoms with Gasteiger partial charge in [-0.25, -0.2) is 0 Å². The number of aromatic nitrogens is 1. The Kier molecular flexibility index (Phi) is 2.18. The first-order valence-electron chi connectivity index (χ1n) is 6.02. The lowest BCUT2D eigenvalue weighted by molar-refractivity contribution is -0.911. The first-order valence-corrected chi connectivity index (χ1v) is 6.02. The van der Waals surface area contributed by atoms with Gasteiger partial charge in [-0.05, 0) is 19.1 Å². The average Bonchev–Trinajstić information content (AvgIpc) is 2.36. The number of hydrogen-bond donors (Lipinski definition) is 1. The number of fused-ring (bicyclic) bond motifs is 3. The molecule has 0 aromatic carbocycles. The molecule has 0 spiro atoms. The Morgan fingerprint density at radius 1 is 1.31 bits per heavy atom. The maximum Gasteiger partial charge on any atom is 0.266 e. The van der Waals surface area contributed by atoms with Crippen LogP contribution in [0.3, 0.4) is 0 Å². The number of pyridine rings is 1. The third-order valence-corrected chi connectivity index (χ3v) is 3.96. The van der Waals surface area contributed by atoms with Crippen molar-refractivity contribution in [3.63, 3.8) is 0 Å². The van der Waals surface area contributed by atoms with Crippen molar-refractivity contribution >= 4 is 5.70 Å². The summed E-state index contributed by atoms with van der Waals surface area (Å²) in [5.74, 6) is 0. The molecule has 3 rings (SSSR count). The van der Waals surface area contributed by atoms with Gasteiger partial charge in [0.1, 0.15) is 6.54 Å². The van der Waals surface area contributed by atoms with Crippen LogP contribution in [0.1, 0.15) is 25.6 Å². The van der Waals surface area contributed by atoms with Crippen LogP contribution in [0.15, 0.2) is 42.6 Å². The van der Waals surface area contributed by atoms with Gasteiger partial charge >= 0.3 is 0 Å². The van der Waals surface area contributed by atoms with Gasteiger partial charge in [-0.3, -0.25) is 4.90 Å². The van der Waals surface area contributed by atoms with Crippen LogP contribution in [0, 0.1) is 0 Å². The van der Waals surface area contributed by atoms with E-state index in [-0.39, 0.29) is 0 Å². The SMILES string of the molecule is CC1C(C)[NH+]2CC=CC=C2c2cccc[n+]21. The van der Waals surface area contributed by atoms with E-state index in [1.54, 1.807) is 4.90 Å². The minimum Gasteiger partial charge on any atom is -0.286 e. The van der Waals surface area contributed by atoms with Crippen molar-refractivity contribution in [1.29, 1.82) is 0 Å². The summed E-state index contributed by atoms with van der Waals surface area (Å²) < 4.78 is 2.40. The molecular formula is C14H18N2+2. The van der Waals surface area contributed by atoms with E-state index in [1.165, 1.54) is 11.4 Å². The van der Waals surface area contributed by atoms with Crippen molar-refractivity contribution in [2.45, 2.75) is 25.9 Å². The van der Waals surface area contributed by atoms with E-state index >= 15 is 0 Å². The van der Waals surface area contributed by atoms with Gasteiger partial charge in [0.05, 0.1) is 0 Å². The number of rotatable bonds is 0. The average molecular weight is 214 g/mol. The zero-order chi connectivity index (χ0) is 11.1. The second-order valence-electron chi connectivity index (χ2n) is 4.76. The van der Waals surface area contributed by atoms with E-state index in [4.69, 9.17) is 0 Å². The quantitative estimate of drug-likeness (QED) is 0.609. The molecule has 0 fully saturated rings. The summed E-state index contributed by atoms with van der Waals surface area (Å²) in [5, 5.41) is 0. The fourth-order valence-corrected chi connectivity index (χ4v) is 2.83. The van der Waals surface area contributed by atoms with Gasteiger partial charge in [0.2, 0.25) is 11.7 Å². The van der Waals surface area contributed by atoms with Crippen LogP contribution in [-0.4, -0.2) is 12.6 Å². The molecule has 1 aromatic rings. The molecule has 16 heavy (non-hydrogen) atoms. The Morgan fingerprint density at radius 3 is 3.06 bits per heavy atom. The Bertz CT molecular complexity index is 473. The number of nitrogens with zero attached hydrogens (tertiary/aromatic N) is 1. The van der Waals surface area contributed by atoms with Gasteiger partial charge in [-0.2, -0.15) is 4.57 Å². The third kappa shape index (κ3) is 1.26. The van der Waals surface area contributed by atoms with Crippen LogP contribution >= 0.6 is 0 Å². The van der Waals surface area contributed by atoms with Gasteiger partial charge in [-0.15, -0.1) is 0 Å². The predicted molar refractivity (Wildman–Crippen MR) is 63.8 cm³/mol. The van der Waals surface area contributed by atoms with Crippen LogP contribution in [0.5, 0.6) is 0 Å². The minimum absolute atomic E-state index is 0.565. The summed E-state index contributed by atoms with van der Waals surface area (Å²) in [4.78, 5) is 1.60. The summed E-state index contributed by atoms with van der Waals surface area (Å²) in [7, 11) is 0. The van der Waals surface area contributed by atoms with Gasteiger partial charge in [-0.1, -0.05) is 6.08 Å². The van der Waals surface area contributed by atoms with Crippen LogP contribution < -0.4 is 9.47 Å². The molecule has 1 aromatic heterocycles. The molecule has 3 heterocycles. The summed E-state index contributed by atoms with van der Waals surface area (Å²) in [5.41, 5.74) is 2.81. The summed E-state index contributed by atoms with van der Waals surface area (Å²) in [6, 6.07) is 7.68. The van der Waals surface area contributed by atoms with Gasteiger partial charge in [0, 0.05) is 25.1 Å². The Balaban J connectivity index is 2.20. The fraction of sp³-hybridized carbons (Fsp3) is 0.357. The van der Waals surface area contributed by atoms with Crippen molar-refractivity contribution in [1.82, 2.24) is 0 Å². The van der Waals surface area contributed by atoms with Crippen molar-refractivity contribution in [3.8, 4) is 0 Å². The van der Waals surface area contributed by atoms with Gasteiger partial charge in [0.25, 0.3) is 5.69 Å². The fourth-order valence-electron chi connectivity index (χ4n) is 2.83. The van der Waals surface area contributed by atoms with Crippen LogP contribution in [0.4, 0.5) is 0 Å². The van der Waals surface area contributed by atoms with E-state index in [9.17, 15) is 0 Å². The molecule has 3 atom stereocenters. The Morgan fingerprint density at radius 2 is 2.19 bits per heavy atom. The standard InChI is InChI=1S/C14H17N2/c1-11-12(2)16-10-6-4-8-14(16)13-7-3-5-9-15(11)13/h3-9,11-12H,10H2,1-2H3/q+1/p+1. The third-order valence-electron chi connectivity index (χ3n) is 3.96. The number of hydrogen-bond acceptors (Lipinski definition) is 0. The maximum atomic E-state index is 2.40. The van der Waals surface area contributed by atoms with E-state index in [0.29, 0.717) is 12.1 Å². The lowest BCUT2D eigenvalue weighted by atomic mass is 10.00. The minimum atomic E-state index is 0.565. The Hall–Kier alpha value is -1.41. The molecule has 0 bridgehead atoms. The lowest BCUT2D eigenvalue weighted by Gasteiger charge is -2.33. The number of nitrogens with one attached hydrogen (secondary N) is 1. The highest BCUT2D eigenvalue weighted by Crippen LogP contribution is 2.15. The molecule has 0 aliphatic carbocycles. The molecule has 0 saturated heterocycles. The molecule has 82 valence electrons. The molecule has 2 aliphatic rings. The zero-order valence-corrected chi connectivity index (χ0v) is 9.85. The molecule has 0 amide bonds. The Labute approximate surface area is 96.5 Å². The molecule has 2 aliphatic heterocycles. The summed E-state index contributed by atoms with van der Waals surface area (Å²) >= 11 is 0. The lowest BCUT2D eigenvalue weighted by Crippen LogP contribution is -3.15. The molecule has 1 N–H and O–H groups in total. The molecule has 3 unspecified atom stereocenters. The van der Waals surface area contributed by atoms with E-state index < -0.39 is 0 Å². The highest BCUT2D eigenvalue weighted by atomic mass is 15.3. The van der Waals surface area contributed by atoms with Crippen LogP contribution in [-0.2, 0) is 0 Å². The molecule has 0 radical (unpaired) electrons. The molecule has 0 saturated carbocycles. The zero-order valence-electron chi connectivity index (χ0n) is 9.85. The summed E-state index contributed by atoms with van der Waals surface area (Å²) in [6.07, 6.45) is 8.90. The maximum absolute atomic E-state index is 2.40. The molecular weight excluding hydrogens is 196 g/mol.